The van der Waals surface area contributed by atoms with E-state index in [1.807, 2.05) is 30.7 Å². The Morgan fingerprint density at radius 2 is 2.03 bits per heavy atom. The third-order valence-corrected chi connectivity index (χ3v) is 6.08. The van der Waals surface area contributed by atoms with E-state index in [4.69, 9.17) is 15.5 Å². The number of para-hydroxylation sites is 1. The van der Waals surface area contributed by atoms with E-state index >= 15 is 0 Å². The molecule has 0 amide bonds. The van der Waals surface area contributed by atoms with Crippen molar-refractivity contribution in [1.82, 2.24) is 9.55 Å². The summed E-state index contributed by atoms with van der Waals surface area (Å²) in [6.07, 6.45) is 3.01. The second-order valence-corrected chi connectivity index (χ2v) is 9.13. The van der Waals surface area contributed by atoms with Crippen LogP contribution in [0.1, 0.15) is 19.5 Å². The molecule has 1 aliphatic heterocycles. The Morgan fingerprint density at radius 3 is 2.75 bits per heavy atom. The van der Waals surface area contributed by atoms with Crippen LogP contribution in [0.5, 0.6) is 5.75 Å². The molecule has 1 aliphatic rings. The molecule has 3 aromatic rings. The molecule has 2 heterocycles. The number of fused-ring (bicyclic) bond motifs is 3. The zero-order chi connectivity index (χ0) is 22.7. The number of nitrogens with two attached hydrogens (primary N) is 1. The highest BCUT2D eigenvalue weighted by Gasteiger charge is 2.23. The van der Waals surface area contributed by atoms with E-state index < -0.39 is 10.0 Å². The number of aliphatic imine (C=N–C) groups is 2. The van der Waals surface area contributed by atoms with Gasteiger partial charge in [-0.1, -0.05) is 18.2 Å². The number of ether oxygens (including phenoxy) is 1. The van der Waals surface area contributed by atoms with E-state index in [1.165, 1.54) is 12.4 Å². The number of nitrogens with zero attached hydrogens (tertiary/aromatic N) is 4. The van der Waals surface area contributed by atoms with Gasteiger partial charge in [0.25, 0.3) is 10.0 Å². The van der Waals surface area contributed by atoms with Gasteiger partial charge < -0.3 is 15.0 Å². The summed E-state index contributed by atoms with van der Waals surface area (Å²) in [4.78, 5) is 13.4. The van der Waals surface area contributed by atoms with Gasteiger partial charge in [-0.05, 0) is 44.2 Å². The van der Waals surface area contributed by atoms with Crippen LogP contribution in [0.3, 0.4) is 0 Å². The van der Waals surface area contributed by atoms with Crippen molar-refractivity contribution in [2.45, 2.75) is 31.3 Å². The zero-order valence-corrected chi connectivity index (χ0v) is 18.6. The summed E-state index contributed by atoms with van der Waals surface area (Å²) in [6, 6.07) is 13.5. The Kier molecular flexibility index (Phi) is 5.95. The maximum atomic E-state index is 13.0. The molecule has 2 aromatic carbocycles. The van der Waals surface area contributed by atoms with Crippen LogP contribution >= 0.6 is 0 Å². The molecule has 0 saturated heterocycles. The number of amidine groups is 1. The second-order valence-electron chi connectivity index (χ2n) is 7.45. The van der Waals surface area contributed by atoms with Crippen LogP contribution in [0.2, 0.25) is 0 Å². The standard InChI is InChI=1S/C22H24N6O3S/c1-15(2)25-21(24-14-23)19-13-28-10-11-31-20-9-8-17(12-18(20)22(28)26-19)32(29,30)27-16-6-4-3-5-7-16/h3-9,12-15,27H,10-11H2,1-2H3,(H2,23,24,25). The molecule has 32 heavy (non-hydrogen) atoms. The van der Waals surface area contributed by atoms with Crippen LogP contribution in [0.25, 0.3) is 11.4 Å². The van der Waals surface area contributed by atoms with Crippen LogP contribution in [0.4, 0.5) is 5.69 Å². The van der Waals surface area contributed by atoms with Crippen molar-refractivity contribution in [3.63, 3.8) is 0 Å². The summed E-state index contributed by atoms with van der Waals surface area (Å²) in [7, 11) is -3.80. The third-order valence-electron chi connectivity index (χ3n) is 4.70. The quantitative estimate of drug-likeness (QED) is 0.455. The minimum absolute atomic E-state index is 0.00614. The number of hydrogen-bond donors (Lipinski definition) is 2. The van der Waals surface area contributed by atoms with Gasteiger partial charge in [0.2, 0.25) is 0 Å². The molecule has 166 valence electrons. The molecule has 0 unspecified atom stereocenters. The molecule has 9 nitrogen and oxygen atoms in total. The molecule has 1 aromatic heterocycles. The lowest BCUT2D eigenvalue weighted by Crippen LogP contribution is -2.13. The molecule has 0 spiro atoms. The molecule has 0 fully saturated rings. The number of nitrogens with one attached hydrogen (secondary N) is 1. The minimum Gasteiger partial charge on any atom is -0.491 e. The third kappa shape index (κ3) is 4.50. The largest absolute Gasteiger partial charge is 0.491 e. The van der Waals surface area contributed by atoms with Crippen LogP contribution in [-0.4, -0.2) is 42.8 Å². The summed E-state index contributed by atoms with van der Waals surface area (Å²) in [5, 5.41) is 0. The van der Waals surface area contributed by atoms with Gasteiger partial charge in [-0.3, -0.25) is 9.71 Å². The fourth-order valence-electron chi connectivity index (χ4n) is 3.34. The van der Waals surface area contributed by atoms with Crippen molar-refractivity contribution in [3.8, 4) is 17.1 Å². The first-order chi connectivity index (χ1) is 15.4. The van der Waals surface area contributed by atoms with Gasteiger partial charge in [-0.2, -0.15) is 0 Å². The predicted octanol–water partition coefficient (Wildman–Crippen LogP) is 2.89. The average molecular weight is 453 g/mol. The maximum absolute atomic E-state index is 13.0. The van der Waals surface area contributed by atoms with Crippen LogP contribution in [-0.2, 0) is 16.6 Å². The van der Waals surface area contributed by atoms with Gasteiger partial charge in [0.1, 0.15) is 23.9 Å². The highest BCUT2D eigenvalue weighted by Crippen LogP contribution is 2.34. The van der Waals surface area contributed by atoms with Crippen molar-refractivity contribution in [3.05, 3.63) is 60.4 Å². The minimum atomic E-state index is -3.80. The lowest BCUT2D eigenvalue weighted by molar-refractivity contribution is 0.306. The topological polar surface area (TPSA) is 124 Å². The summed E-state index contributed by atoms with van der Waals surface area (Å²) in [5.74, 6) is 1.55. The van der Waals surface area contributed by atoms with Gasteiger partial charge in [0.05, 0.1) is 23.3 Å². The molecule has 4 rings (SSSR count). The maximum Gasteiger partial charge on any atom is 0.261 e. The molecule has 0 bridgehead atoms. The summed E-state index contributed by atoms with van der Waals surface area (Å²) in [6.45, 7) is 4.84. The molecule has 0 aliphatic carbocycles. The first kappa shape index (κ1) is 21.6. The van der Waals surface area contributed by atoms with E-state index in [-0.39, 0.29) is 10.9 Å². The number of benzene rings is 2. The van der Waals surface area contributed by atoms with Gasteiger partial charge in [-0.25, -0.2) is 18.4 Å². The van der Waals surface area contributed by atoms with E-state index in [9.17, 15) is 8.42 Å². The summed E-state index contributed by atoms with van der Waals surface area (Å²) >= 11 is 0. The number of rotatable bonds is 5. The van der Waals surface area contributed by atoms with Gasteiger partial charge >= 0.3 is 0 Å². The van der Waals surface area contributed by atoms with Gasteiger partial charge in [0, 0.05) is 17.9 Å². The molecule has 10 heteroatoms. The molecule has 0 saturated carbocycles. The monoisotopic (exact) mass is 452 g/mol. The zero-order valence-electron chi connectivity index (χ0n) is 17.8. The van der Waals surface area contributed by atoms with E-state index in [2.05, 4.69) is 14.7 Å². The van der Waals surface area contributed by atoms with E-state index in [0.717, 1.165) is 0 Å². The molecular formula is C22H24N6O3S. The highest BCUT2D eigenvalue weighted by atomic mass is 32.2. The normalized spacial score (nSPS) is 14.0. The first-order valence-electron chi connectivity index (χ1n) is 10.1. The van der Waals surface area contributed by atoms with E-state index in [1.54, 1.807) is 36.4 Å². The average Bonchev–Trinajstić information content (AvgIpc) is 3.10. The van der Waals surface area contributed by atoms with Crippen LogP contribution in [0, 0.1) is 0 Å². The lowest BCUT2D eigenvalue weighted by atomic mass is 10.2. The van der Waals surface area contributed by atoms with Crippen molar-refractivity contribution in [2.24, 2.45) is 15.7 Å². The van der Waals surface area contributed by atoms with Crippen LogP contribution < -0.4 is 15.2 Å². The number of sulfonamides is 1. The lowest BCUT2D eigenvalue weighted by Gasteiger charge is -2.11. The molecule has 0 atom stereocenters. The fraction of sp³-hybridized carbons (Fsp3) is 0.227. The number of imidazole rings is 1. The van der Waals surface area contributed by atoms with Crippen molar-refractivity contribution in [1.29, 1.82) is 0 Å². The molecule has 3 N–H and O–H groups in total. The van der Waals surface area contributed by atoms with E-state index in [0.29, 0.717) is 47.5 Å². The SMILES string of the molecule is CC(C)N=C(N=CN)c1cn2c(n1)-c1cc(S(=O)(=O)Nc3ccccc3)ccc1OCC2. The molecule has 0 radical (unpaired) electrons. The fourth-order valence-corrected chi connectivity index (χ4v) is 4.43. The van der Waals surface area contributed by atoms with Gasteiger partial charge in [0.15, 0.2) is 5.84 Å². The Bertz CT molecular complexity index is 1280. The Labute approximate surface area is 186 Å². The summed E-state index contributed by atoms with van der Waals surface area (Å²) < 4.78 is 36.3. The van der Waals surface area contributed by atoms with Gasteiger partial charge in [-0.15, -0.1) is 0 Å². The molecular weight excluding hydrogens is 428 g/mol. The summed E-state index contributed by atoms with van der Waals surface area (Å²) in [5.41, 5.74) is 7.11. The number of aromatic nitrogens is 2. The van der Waals surface area contributed by atoms with Crippen molar-refractivity contribution < 1.29 is 13.2 Å². The van der Waals surface area contributed by atoms with Crippen molar-refractivity contribution >= 4 is 27.9 Å². The van der Waals surface area contributed by atoms with Crippen LogP contribution in [0.15, 0.2) is 69.6 Å². The smallest absolute Gasteiger partial charge is 0.261 e. The highest BCUT2D eigenvalue weighted by molar-refractivity contribution is 7.92. The first-order valence-corrected chi connectivity index (χ1v) is 11.6. The Balaban J connectivity index is 1.77. The Hall–Kier alpha value is -3.66. The van der Waals surface area contributed by atoms with Crippen molar-refractivity contribution in [2.75, 3.05) is 11.3 Å². The number of anilines is 1. The predicted molar refractivity (Wildman–Crippen MR) is 125 cm³/mol. The second kappa shape index (κ2) is 8.83. The number of hydrogen-bond acceptors (Lipinski definition) is 5. The Morgan fingerprint density at radius 1 is 1.25 bits per heavy atom.